The molecule has 0 N–H and O–H groups in total. The Morgan fingerprint density at radius 3 is 2.48 bits per heavy atom. The van der Waals surface area contributed by atoms with E-state index in [-0.39, 0.29) is 23.2 Å². The summed E-state index contributed by atoms with van der Waals surface area (Å²) < 4.78 is 10.3. The smallest absolute Gasteiger partial charge is 0.338 e. The molecule has 1 fully saturated rings. The minimum atomic E-state index is -0.821. The molecule has 1 aliphatic heterocycles. The van der Waals surface area contributed by atoms with Crippen molar-refractivity contribution in [1.29, 1.82) is 5.26 Å². The van der Waals surface area contributed by atoms with Crippen molar-refractivity contribution >= 4 is 64.2 Å². The Kier molecular flexibility index (Phi) is 9.30. The molecule has 0 saturated carbocycles. The second-order valence-electron chi connectivity index (χ2n) is 9.45. The number of amides is 2. The number of esters is 1. The van der Waals surface area contributed by atoms with Gasteiger partial charge in [0.15, 0.2) is 12.4 Å². The molecule has 2 heterocycles. The number of nitriles is 1. The number of pyridine rings is 1. The van der Waals surface area contributed by atoms with E-state index >= 15 is 0 Å². The first-order valence-electron chi connectivity index (χ1n) is 13.0. The van der Waals surface area contributed by atoms with Crippen LogP contribution in [0.5, 0.6) is 5.75 Å². The van der Waals surface area contributed by atoms with Crippen LogP contribution in [0.3, 0.4) is 0 Å². The number of carbonyl (C=O) groups is 4. The number of ketones is 1. The third kappa shape index (κ3) is 6.60. The predicted molar refractivity (Wildman–Crippen MR) is 165 cm³/mol. The Balaban J connectivity index is 1.26. The number of nitrogens with zero attached hydrogens (tertiary/aromatic N) is 3. The number of thioether (sulfide) groups is 1. The number of benzene rings is 3. The lowest BCUT2D eigenvalue weighted by Crippen LogP contribution is -2.31. The van der Waals surface area contributed by atoms with Gasteiger partial charge in [0.1, 0.15) is 16.8 Å². The average Bonchev–Trinajstić information content (AvgIpc) is 3.32. The molecule has 1 atom stereocenters. The molecule has 12 heteroatoms. The summed E-state index contributed by atoms with van der Waals surface area (Å²) in [5.41, 5.74) is 2.19. The fraction of sp³-hybridized carbons (Fsp3) is 0.125. The zero-order valence-electron chi connectivity index (χ0n) is 23.0. The van der Waals surface area contributed by atoms with Crippen molar-refractivity contribution in [3.63, 3.8) is 0 Å². The second kappa shape index (κ2) is 13.3. The highest BCUT2D eigenvalue weighted by atomic mass is 35.5. The van der Waals surface area contributed by atoms with E-state index in [2.05, 4.69) is 11.1 Å². The Bertz CT molecular complexity index is 1840. The van der Waals surface area contributed by atoms with Crippen molar-refractivity contribution in [2.24, 2.45) is 0 Å². The van der Waals surface area contributed by atoms with Crippen molar-refractivity contribution in [3.8, 4) is 23.1 Å². The lowest BCUT2D eigenvalue weighted by Gasteiger charge is -2.15. The largest absolute Gasteiger partial charge is 0.497 e. The molecule has 1 unspecified atom stereocenters. The maximum Gasteiger partial charge on any atom is 0.338 e. The maximum atomic E-state index is 13.3. The number of hydrogen-bond donors (Lipinski definition) is 0. The van der Waals surface area contributed by atoms with Gasteiger partial charge in [-0.1, -0.05) is 53.2 Å². The van der Waals surface area contributed by atoms with Crippen LogP contribution in [-0.4, -0.2) is 47.5 Å². The number of Topliss-reactive ketones (excluding diaryl/α,β-unsaturated/α-hetero) is 1. The lowest BCUT2D eigenvalue weighted by atomic mass is 10.1. The van der Waals surface area contributed by atoms with Crippen LogP contribution < -0.4 is 9.64 Å². The van der Waals surface area contributed by atoms with E-state index in [4.69, 9.17) is 32.7 Å². The molecule has 3 aromatic carbocycles. The number of aromatic nitrogens is 1. The number of anilines is 1. The molecule has 2 amide bonds. The molecule has 9 nitrogen and oxygen atoms in total. The van der Waals surface area contributed by atoms with Gasteiger partial charge in [0.05, 0.1) is 44.9 Å². The van der Waals surface area contributed by atoms with Crippen LogP contribution in [0.4, 0.5) is 5.69 Å². The Morgan fingerprint density at radius 1 is 1.00 bits per heavy atom. The number of halogens is 2. The first-order chi connectivity index (χ1) is 21.2. The van der Waals surface area contributed by atoms with Gasteiger partial charge in [-0.15, -0.1) is 0 Å². The van der Waals surface area contributed by atoms with E-state index in [1.54, 1.807) is 54.6 Å². The SMILES string of the molecule is COc1cccc(C(=O)COC(=O)c2ccc(N3C(=O)CC(Sc4nc(-c5ccc(Cl)c(Cl)c5)ccc4C#N)C3=O)cc2)c1. The van der Waals surface area contributed by atoms with Gasteiger partial charge in [-0.25, -0.2) is 14.7 Å². The summed E-state index contributed by atoms with van der Waals surface area (Å²) in [6.07, 6.45) is -0.108. The fourth-order valence-electron chi connectivity index (χ4n) is 4.37. The van der Waals surface area contributed by atoms with Crippen molar-refractivity contribution < 1.29 is 28.7 Å². The normalized spacial score (nSPS) is 14.3. The lowest BCUT2D eigenvalue weighted by molar-refractivity contribution is -0.121. The van der Waals surface area contributed by atoms with E-state index in [1.807, 2.05) is 0 Å². The van der Waals surface area contributed by atoms with E-state index in [0.29, 0.717) is 37.6 Å². The van der Waals surface area contributed by atoms with E-state index < -0.39 is 35.4 Å². The summed E-state index contributed by atoms with van der Waals surface area (Å²) in [6, 6.07) is 22.6. The third-order valence-corrected chi connectivity index (χ3v) is 8.57. The van der Waals surface area contributed by atoms with Gasteiger partial charge in [0.2, 0.25) is 11.8 Å². The molecule has 1 saturated heterocycles. The summed E-state index contributed by atoms with van der Waals surface area (Å²) in [7, 11) is 1.48. The van der Waals surface area contributed by atoms with Crippen molar-refractivity contribution in [2.45, 2.75) is 16.7 Å². The monoisotopic (exact) mass is 645 g/mol. The van der Waals surface area contributed by atoms with Crippen LogP contribution in [0.1, 0.15) is 32.7 Å². The molecule has 1 aromatic heterocycles. The van der Waals surface area contributed by atoms with Crippen LogP contribution >= 0.6 is 35.0 Å². The van der Waals surface area contributed by atoms with Gasteiger partial charge in [-0.3, -0.25) is 14.4 Å². The Morgan fingerprint density at radius 2 is 1.77 bits per heavy atom. The molecule has 0 aliphatic carbocycles. The Hall–Kier alpha value is -4.69. The van der Waals surface area contributed by atoms with Crippen LogP contribution in [0.25, 0.3) is 11.3 Å². The van der Waals surface area contributed by atoms with E-state index in [9.17, 15) is 24.4 Å². The molecule has 44 heavy (non-hydrogen) atoms. The fourth-order valence-corrected chi connectivity index (χ4v) is 5.77. The third-order valence-electron chi connectivity index (χ3n) is 6.64. The minimum Gasteiger partial charge on any atom is -0.497 e. The molecular formula is C32H21Cl2N3O6S. The topological polar surface area (TPSA) is 127 Å². The van der Waals surface area contributed by atoms with Gasteiger partial charge in [-0.2, -0.15) is 5.26 Å². The summed E-state index contributed by atoms with van der Waals surface area (Å²) in [5, 5.41) is 9.84. The molecule has 0 bridgehead atoms. The van der Waals surface area contributed by atoms with Gasteiger partial charge >= 0.3 is 5.97 Å². The minimum absolute atomic E-state index is 0.108. The highest BCUT2D eigenvalue weighted by Gasteiger charge is 2.41. The van der Waals surface area contributed by atoms with E-state index in [1.165, 1.54) is 31.4 Å². The first-order valence-corrected chi connectivity index (χ1v) is 14.7. The highest BCUT2D eigenvalue weighted by Crippen LogP contribution is 2.36. The summed E-state index contributed by atoms with van der Waals surface area (Å²) in [4.78, 5) is 56.8. The predicted octanol–water partition coefficient (Wildman–Crippen LogP) is 6.40. The van der Waals surface area contributed by atoms with Crippen LogP contribution in [-0.2, 0) is 14.3 Å². The zero-order chi connectivity index (χ0) is 31.4. The number of carbonyl (C=O) groups excluding carboxylic acids is 4. The number of rotatable bonds is 9. The summed E-state index contributed by atoms with van der Waals surface area (Å²) >= 11 is 13.2. The number of hydrogen-bond acceptors (Lipinski definition) is 9. The maximum absolute atomic E-state index is 13.3. The number of ether oxygens (including phenoxy) is 2. The second-order valence-corrected chi connectivity index (χ2v) is 11.5. The highest BCUT2D eigenvalue weighted by molar-refractivity contribution is 8.00. The van der Waals surface area contributed by atoms with Gasteiger partial charge in [0.25, 0.3) is 0 Å². The Labute approximate surface area is 266 Å². The van der Waals surface area contributed by atoms with Crippen molar-refractivity contribution in [2.75, 3.05) is 18.6 Å². The molecule has 220 valence electrons. The standard InChI is InChI=1S/C32H21Cl2N3O6S/c1-42-23-4-2-3-20(13-23)27(38)17-43-32(41)18-5-9-22(10-6-18)37-29(39)15-28(31(37)40)44-30-21(16-35)8-12-26(36-30)19-7-11-24(33)25(34)14-19/h2-14,28H,15,17H2,1H3. The average molecular weight is 647 g/mol. The van der Waals surface area contributed by atoms with Crippen LogP contribution in [0, 0.1) is 11.3 Å². The molecule has 4 aromatic rings. The van der Waals surface area contributed by atoms with E-state index in [0.717, 1.165) is 16.7 Å². The summed E-state index contributed by atoms with van der Waals surface area (Å²) in [6.45, 7) is -0.471. The van der Waals surface area contributed by atoms with Crippen LogP contribution in [0.2, 0.25) is 10.0 Å². The quantitative estimate of drug-likeness (QED) is 0.115. The number of methoxy groups -OCH3 is 1. The van der Waals surface area contributed by atoms with Crippen molar-refractivity contribution in [3.05, 3.63) is 106 Å². The molecule has 0 spiro atoms. The molecule has 0 radical (unpaired) electrons. The number of imide groups is 1. The first kappa shape index (κ1) is 30.8. The molecular weight excluding hydrogens is 625 g/mol. The van der Waals surface area contributed by atoms with Gasteiger partial charge in [0, 0.05) is 17.5 Å². The molecule has 5 rings (SSSR count). The van der Waals surface area contributed by atoms with Crippen molar-refractivity contribution in [1.82, 2.24) is 4.98 Å². The van der Waals surface area contributed by atoms with Gasteiger partial charge < -0.3 is 9.47 Å². The van der Waals surface area contributed by atoms with Crippen LogP contribution in [0.15, 0.2) is 83.9 Å². The summed E-state index contributed by atoms with van der Waals surface area (Å²) in [5.74, 6) is -1.56. The van der Waals surface area contributed by atoms with Gasteiger partial charge in [-0.05, 0) is 60.7 Å². The zero-order valence-corrected chi connectivity index (χ0v) is 25.3. The molecule has 1 aliphatic rings.